The van der Waals surface area contributed by atoms with Crippen LogP contribution in [0.2, 0.25) is 0 Å². The molecule has 4 heteroatoms. The number of rotatable bonds is 5. The molecule has 2 aromatic carbocycles. The summed E-state index contributed by atoms with van der Waals surface area (Å²) >= 11 is 0. The fourth-order valence-electron chi connectivity index (χ4n) is 3.37. The number of anilines is 1. The summed E-state index contributed by atoms with van der Waals surface area (Å²) in [6.07, 6.45) is 2.77. The second-order valence-electron chi connectivity index (χ2n) is 6.37. The Kier molecular flexibility index (Phi) is 5.49. The normalized spacial score (nSPS) is 15.2. The molecule has 1 atom stereocenters. The van der Waals surface area contributed by atoms with Crippen molar-refractivity contribution < 1.29 is 9.59 Å². The molecule has 0 spiro atoms. The lowest BCUT2D eigenvalue weighted by atomic mass is 10.1. The van der Waals surface area contributed by atoms with Crippen molar-refractivity contribution in [3.8, 4) is 0 Å². The molecule has 1 heterocycles. The Labute approximate surface area is 148 Å². The number of nitrogens with zero attached hydrogens (tertiary/aromatic N) is 1. The zero-order valence-corrected chi connectivity index (χ0v) is 14.6. The number of amides is 2. The van der Waals surface area contributed by atoms with Crippen LogP contribution in [0, 0.1) is 0 Å². The molecule has 0 radical (unpaired) electrons. The highest BCUT2D eigenvalue weighted by Gasteiger charge is 2.32. The third-order valence-electron chi connectivity index (χ3n) is 4.67. The third kappa shape index (κ3) is 3.90. The quantitative estimate of drug-likeness (QED) is 0.909. The predicted molar refractivity (Wildman–Crippen MR) is 99.2 cm³/mol. The first-order chi connectivity index (χ1) is 12.2. The van der Waals surface area contributed by atoms with E-state index < -0.39 is 6.04 Å². The topological polar surface area (TPSA) is 49.4 Å². The Hall–Kier alpha value is -2.62. The highest BCUT2D eigenvalue weighted by atomic mass is 16.2. The number of benzene rings is 2. The van der Waals surface area contributed by atoms with Crippen molar-refractivity contribution >= 4 is 17.5 Å². The first kappa shape index (κ1) is 17.2. The van der Waals surface area contributed by atoms with Gasteiger partial charge in [-0.25, -0.2) is 0 Å². The zero-order chi connectivity index (χ0) is 17.6. The minimum absolute atomic E-state index is 0.0339. The van der Waals surface area contributed by atoms with Crippen LogP contribution in [0.4, 0.5) is 5.69 Å². The van der Waals surface area contributed by atoms with E-state index >= 15 is 0 Å². The molecule has 0 saturated carbocycles. The Morgan fingerprint density at radius 1 is 1.08 bits per heavy atom. The molecule has 4 nitrogen and oxygen atoms in total. The molecular formula is C21H24N2O2. The van der Waals surface area contributed by atoms with Gasteiger partial charge in [0, 0.05) is 18.7 Å². The van der Waals surface area contributed by atoms with Crippen LogP contribution in [0.5, 0.6) is 0 Å². The Morgan fingerprint density at radius 2 is 1.80 bits per heavy atom. The minimum Gasteiger partial charge on any atom is -0.350 e. The summed E-state index contributed by atoms with van der Waals surface area (Å²) < 4.78 is 0. The average Bonchev–Trinajstić information content (AvgIpc) is 2.81. The summed E-state index contributed by atoms with van der Waals surface area (Å²) in [5.74, 6) is -0.0666. The zero-order valence-electron chi connectivity index (χ0n) is 14.6. The van der Waals surface area contributed by atoms with Crippen molar-refractivity contribution in [2.75, 3.05) is 4.90 Å². The maximum Gasteiger partial charge on any atom is 0.243 e. The van der Waals surface area contributed by atoms with E-state index in [1.165, 1.54) is 0 Å². The van der Waals surface area contributed by atoms with Crippen LogP contribution in [0.15, 0.2) is 54.6 Å². The van der Waals surface area contributed by atoms with E-state index in [-0.39, 0.29) is 11.8 Å². The Balaban J connectivity index is 1.81. The smallest absolute Gasteiger partial charge is 0.243 e. The molecule has 1 aliphatic heterocycles. The fourth-order valence-corrected chi connectivity index (χ4v) is 3.37. The van der Waals surface area contributed by atoms with Gasteiger partial charge in [-0.2, -0.15) is 0 Å². The molecule has 1 aliphatic rings. The molecule has 0 aromatic heterocycles. The van der Waals surface area contributed by atoms with Crippen molar-refractivity contribution in [2.24, 2.45) is 0 Å². The third-order valence-corrected chi connectivity index (χ3v) is 4.67. The lowest BCUT2D eigenvalue weighted by Crippen LogP contribution is -2.49. The molecule has 0 unspecified atom stereocenters. The maximum absolute atomic E-state index is 12.8. The summed E-state index contributed by atoms with van der Waals surface area (Å²) in [5, 5.41) is 2.99. The van der Waals surface area contributed by atoms with Gasteiger partial charge in [0.2, 0.25) is 11.8 Å². The maximum atomic E-state index is 12.8. The van der Waals surface area contributed by atoms with Crippen LogP contribution >= 0.6 is 0 Å². The van der Waals surface area contributed by atoms with E-state index in [1.807, 2.05) is 55.5 Å². The number of hydrogen-bond donors (Lipinski definition) is 1. The number of para-hydroxylation sites is 1. The van der Waals surface area contributed by atoms with Gasteiger partial charge >= 0.3 is 0 Å². The fraction of sp³-hybridized carbons (Fsp3) is 0.333. The van der Waals surface area contributed by atoms with Gasteiger partial charge in [-0.15, -0.1) is 0 Å². The summed E-state index contributed by atoms with van der Waals surface area (Å²) in [4.78, 5) is 27.2. The number of nitrogens with one attached hydrogen (secondary N) is 1. The van der Waals surface area contributed by atoms with Gasteiger partial charge in [0.1, 0.15) is 6.04 Å². The Morgan fingerprint density at radius 3 is 2.56 bits per heavy atom. The summed E-state index contributed by atoms with van der Waals surface area (Å²) in [6, 6.07) is 17.3. The van der Waals surface area contributed by atoms with E-state index in [2.05, 4.69) is 11.4 Å². The number of carbonyl (C=O) groups is 2. The number of fused-ring (bicyclic) bond motifs is 1. The largest absolute Gasteiger partial charge is 0.350 e. The van der Waals surface area contributed by atoms with Crippen LogP contribution in [0.3, 0.4) is 0 Å². The van der Waals surface area contributed by atoms with Gasteiger partial charge in [0.15, 0.2) is 0 Å². The van der Waals surface area contributed by atoms with E-state index in [4.69, 9.17) is 0 Å². The monoisotopic (exact) mass is 336 g/mol. The molecule has 0 saturated heterocycles. The SMILES string of the molecule is CC[C@H](C(=O)NCc1ccccc1)N1C(=O)CCCc2ccccc21. The summed E-state index contributed by atoms with van der Waals surface area (Å²) in [5.41, 5.74) is 3.07. The lowest BCUT2D eigenvalue weighted by Gasteiger charge is -2.30. The molecule has 2 aromatic rings. The molecule has 0 aliphatic carbocycles. The second kappa shape index (κ2) is 7.97. The number of carbonyl (C=O) groups excluding carboxylic acids is 2. The van der Waals surface area contributed by atoms with Gasteiger partial charge in [-0.3, -0.25) is 14.5 Å². The lowest BCUT2D eigenvalue weighted by molar-refractivity contribution is -0.126. The van der Waals surface area contributed by atoms with Crippen LogP contribution < -0.4 is 10.2 Å². The number of aryl methyl sites for hydroxylation is 1. The van der Waals surface area contributed by atoms with Gasteiger partial charge in [-0.05, 0) is 36.5 Å². The van der Waals surface area contributed by atoms with Gasteiger partial charge < -0.3 is 5.32 Å². The van der Waals surface area contributed by atoms with Crippen molar-refractivity contribution in [3.05, 3.63) is 65.7 Å². The summed E-state index contributed by atoms with van der Waals surface area (Å²) in [6.45, 7) is 2.42. The first-order valence-corrected chi connectivity index (χ1v) is 8.92. The van der Waals surface area contributed by atoms with Gasteiger partial charge in [0.25, 0.3) is 0 Å². The summed E-state index contributed by atoms with van der Waals surface area (Å²) in [7, 11) is 0. The molecule has 1 N–H and O–H groups in total. The average molecular weight is 336 g/mol. The Bertz CT molecular complexity index is 743. The van der Waals surface area contributed by atoms with E-state index in [0.29, 0.717) is 19.4 Å². The van der Waals surface area contributed by atoms with Crippen LogP contribution in [0.25, 0.3) is 0 Å². The molecule has 2 amide bonds. The van der Waals surface area contributed by atoms with Gasteiger partial charge in [-0.1, -0.05) is 55.5 Å². The molecule has 25 heavy (non-hydrogen) atoms. The first-order valence-electron chi connectivity index (χ1n) is 8.92. The predicted octanol–water partition coefficient (Wildman–Crippen LogP) is 3.45. The highest BCUT2D eigenvalue weighted by Crippen LogP contribution is 2.29. The van der Waals surface area contributed by atoms with Crippen LogP contribution in [-0.4, -0.2) is 17.9 Å². The molecule has 3 rings (SSSR count). The minimum atomic E-state index is -0.476. The van der Waals surface area contributed by atoms with Crippen molar-refractivity contribution in [2.45, 2.75) is 45.2 Å². The molecular weight excluding hydrogens is 312 g/mol. The van der Waals surface area contributed by atoms with Crippen LogP contribution in [0.1, 0.15) is 37.3 Å². The van der Waals surface area contributed by atoms with Crippen molar-refractivity contribution in [1.82, 2.24) is 5.32 Å². The second-order valence-corrected chi connectivity index (χ2v) is 6.37. The van der Waals surface area contributed by atoms with Crippen LogP contribution in [-0.2, 0) is 22.6 Å². The highest BCUT2D eigenvalue weighted by molar-refractivity contribution is 6.01. The van der Waals surface area contributed by atoms with E-state index in [9.17, 15) is 9.59 Å². The molecule has 130 valence electrons. The van der Waals surface area contributed by atoms with Crippen molar-refractivity contribution in [3.63, 3.8) is 0 Å². The van der Waals surface area contributed by atoms with E-state index in [1.54, 1.807) is 4.90 Å². The van der Waals surface area contributed by atoms with Gasteiger partial charge in [0.05, 0.1) is 0 Å². The molecule has 0 bridgehead atoms. The van der Waals surface area contributed by atoms with Crippen molar-refractivity contribution in [1.29, 1.82) is 0 Å². The van der Waals surface area contributed by atoms with E-state index in [0.717, 1.165) is 29.7 Å². The standard InChI is InChI=1S/C21H24N2O2/c1-2-18(21(25)22-15-16-9-4-3-5-10-16)23-19-13-7-6-11-17(19)12-8-14-20(23)24/h3-7,9-11,13,18H,2,8,12,14-15H2,1H3,(H,22,25)/t18-/m1/s1. The molecule has 0 fully saturated rings. The number of hydrogen-bond acceptors (Lipinski definition) is 2.